The maximum Gasteiger partial charge on any atom is 0.180 e. The first-order valence-electron chi connectivity index (χ1n) is 7.29. The fraction of sp³-hybridized carbons (Fsp3) is 0.533. The molecule has 6 heteroatoms. The summed E-state index contributed by atoms with van der Waals surface area (Å²) >= 11 is 3.62. The molecule has 114 valence electrons. The van der Waals surface area contributed by atoms with Crippen LogP contribution in [0.1, 0.15) is 52.3 Å². The van der Waals surface area contributed by atoms with Crippen molar-refractivity contribution in [1.29, 1.82) is 0 Å². The van der Waals surface area contributed by atoms with E-state index in [-0.39, 0.29) is 0 Å². The minimum atomic E-state index is 0.314. The summed E-state index contributed by atoms with van der Waals surface area (Å²) in [4.78, 5) is 13.6. The lowest BCUT2D eigenvalue weighted by atomic mass is 10.1. The van der Waals surface area contributed by atoms with Crippen LogP contribution in [0.2, 0.25) is 0 Å². The molecule has 2 aromatic rings. The predicted octanol–water partition coefficient (Wildman–Crippen LogP) is 4.24. The lowest BCUT2D eigenvalue weighted by Crippen LogP contribution is -2.09. The van der Waals surface area contributed by atoms with Crippen LogP contribution in [0.25, 0.3) is 11.5 Å². The number of nitrogens with zero attached hydrogens (tertiary/aromatic N) is 4. The van der Waals surface area contributed by atoms with E-state index in [1.54, 1.807) is 0 Å². The number of hydrogen-bond donors (Lipinski definition) is 1. The Morgan fingerprint density at radius 1 is 1.24 bits per heavy atom. The molecule has 0 saturated heterocycles. The van der Waals surface area contributed by atoms with Gasteiger partial charge in [-0.3, -0.25) is 0 Å². The van der Waals surface area contributed by atoms with E-state index in [4.69, 9.17) is 4.98 Å². The van der Waals surface area contributed by atoms with Gasteiger partial charge in [0.05, 0.1) is 22.7 Å². The quantitative estimate of drug-likeness (QED) is 0.875. The number of imidazole rings is 1. The molecule has 0 unspecified atom stereocenters. The van der Waals surface area contributed by atoms with Crippen LogP contribution in [0, 0.1) is 0 Å². The van der Waals surface area contributed by atoms with Crippen molar-refractivity contribution in [3.05, 3.63) is 22.7 Å². The Balaban J connectivity index is 2.60. The Bertz CT molecular complexity index is 619. The van der Waals surface area contributed by atoms with Gasteiger partial charge in [-0.2, -0.15) is 0 Å². The van der Waals surface area contributed by atoms with Crippen molar-refractivity contribution < 1.29 is 0 Å². The average molecular weight is 352 g/mol. The number of nitrogens with one attached hydrogen (secondary N) is 1. The predicted molar refractivity (Wildman–Crippen MR) is 89.6 cm³/mol. The van der Waals surface area contributed by atoms with E-state index in [1.807, 2.05) is 12.5 Å². The van der Waals surface area contributed by atoms with Crippen LogP contribution >= 0.6 is 15.9 Å². The van der Waals surface area contributed by atoms with E-state index in [2.05, 4.69) is 70.4 Å². The second kappa shape index (κ2) is 6.56. The Morgan fingerprint density at radius 2 is 1.95 bits per heavy atom. The number of hydrogen-bond acceptors (Lipinski definition) is 4. The van der Waals surface area contributed by atoms with Gasteiger partial charge in [-0.05, 0) is 42.6 Å². The van der Waals surface area contributed by atoms with Crippen molar-refractivity contribution in [3.8, 4) is 11.5 Å². The SMILES string of the molecule is CCNc1nc(-c2cncn2C(C)C)nc(C(C)C)c1Br. The van der Waals surface area contributed by atoms with Gasteiger partial charge in [0.1, 0.15) is 11.5 Å². The zero-order chi connectivity index (χ0) is 15.6. The molecule has 5 nitrogen and oxygen atoms in total. The van der Waals surface area contributed by atoms with E-state index >= 15 is 0 Å². The third-order valence-electron chi connectivity index (χ3n) is 3.22. The van der Waals surface area contributed by atoms with Crippen LogP contribution in [0.3, 0.4) is 0 Å². The molecule has 21 heavy (non-hydrogen) atoms. The highest BCUT2D eigenvalue weighted by Crippen LogP contribution is 2.31. The van der Waals surface area contributed by atoms with Crippen LogP contribution in [0.15, 0.2) is 17.0 Å². The minimum absolute atomic E-state index is 0.314. The lowest BCUT2D eigenvalue weighted by molar-refractivity contribution is 0.603. The van der Waals surface area contributed by atoms with Crippen LogP contribution < -0.4 is 5.32 Å². The molecule has 0 atom stereocenters. The van der Waals surface area contributed by atoms with Gasteiger partial charge in [0.15, 0.2) is 5.82 Å². The maximum atomic E-state index is 4.74. The highest BCUT2D eigenvalue weighted by atomic mass is 79.9. The van der Waals surface area contributed by atoms with E-state index in [0.29, 0.717) is 17.8 Å². The Hall–Kier alpha value is -1.43. The molecule has 0 radical (unpaired) electrons. The summed E-state index contributed by atoms with van der Waals surface area (Å²) in [5, 5.41) is 3.29. The molecule has 1 N–H and O–H groups in total. The highest BCUT2D eigenvalue weighted by molar-refractivity contribution is 9.10. The molecule has 2 heterocycles. The van der Waals surface area contributed by atoms with Crippen LogP contribution in [0.5, 0.6) is 0 Å². The van der Waals surface area contributed by atoms with Crippen LogP contribution in [-0.2, 0) is 0 Å². The molecule has 0 spiro atoms. The summed E-state index contributed by atoms with van der Waals surface area (Å²) in [5.74, 6) is 1.86. The summed E-state index contributed by atoms with van der Waals surface area (Å²) in [6.07, 6.45) is 3.65. The van der Waals surface area contributed by atoms with Gasteiger partial charge in [-0.15, -0.1) is 0 Å². The number of anilines is 1. The first-order valence-corrected chi connectivity index (χ1v) is 8.08. The van der Waals surface area contributed by atoms with Gasteiger partial charge in [0.25, 0.3) is 0 Å². The maximum absolute atomic E-state index is 4.74. The molecule has 0 fully saturated rings. The topological polar surface area (TPSA) is 55.6 Å². The molecule has 0 amide bonds. The minimum Gasteiger partial charge on any atom is -0.369 e. The number of halogens is 1. The third-order valence-corrected chi connectivity index (χ3v) is 4.00. The molecule has 0 bridgehead atoms. The summed E-state index contributed by atoms with van der Waals surface area (Å²) in [5.41, 5.74) is 1.95. The van der Waals surface area contributed by atoms with Crippen molar-refractivity contribution >= 4 is 21.7 Å². The van der Waals surface area contributed by atoms with Gasteiger partial charge in [-0.25, -0.2) is 15.0 Å². The summed E-state index contributed by atoms with van der Waals surface area (Å²) in [7, 11) is 0. The molecule has 0 aromatic carbocycles. The third kappa shape index (κ3) is 3.26. The van der Waals surface area contributed by atoms with Crippen molar-refractivity contribution in [2.24, 2.45) is 0 Å². The Labute approximate surface area is 134 Å². The molecule has 0 aliphatic heterocycles. The zero-order valence-electron chi connectivity index (χ0n) is 13.2. The highest BCUT2D eigenvalue weighted by Gasteiger charge is 2.18. The number of aromatic nitrogens is 4. The van der Waals surface area contributed by atoms with Gasteiger partial charge < -0.3 is 9.88 Å². The molecule has 2 aromatic heterocycles. The second-order valence-electron chi connectivity index (χ2n) is 5.56. The summed E-state index contributed by atoms with van der Waals surface area (Å²) in [6.45, 7) is 11.4. The Morgan fingerprint density at radius 3 is 2.52 bits per heavy atom. The normalized spacial score (nSPS) is 11.4. The van der Waals surface area contributed by atoms with Crippen LogP contribution in [0.4, 0.5) is 5.82 Å². The van der Waals surface area contributed by atoms with Crippen molar-refractivity contribution in [2.45, 2.75) is 46.6 Å². The number of rotatable bonds is 5. The van der Waals surface area contributed by atoms with Gasteiger partial charge in [0, 0.05) is 12.6 Å². The van der Waals surface area contributed by atoms with E-state index in [9.17, 15) is 0 Å². The summed E-state index contributed by atoms with van der Waals surface area (Å²) < 4.78 is 3.03. The first-order chi connectivity index (χ1) is 9.95. The second-order valence-corrected chi connectivity index (χ2v) is 6.35. The molecule has 0 saturated carbocycles. The van der Waals surface area contributed by atoms with E-state index in [1.165, 1.54) is 0 Å². The molecular formula is C15H22BrN5. The van der Waals surface area contributed by atoms with Gasteiger partial charge in [-0.1, -0.05) is 13.8 Å². The average Bonchev–Trinajstić information content (AvgIpc) is 2.90. The van der Waals surface area contributed by atoms with E-state index in [0.717, 1.165) is 28.2 Å². The van der Waals surface area contributed by atoms with Crippen molar-refractivity contribution in [3.63, 3.8) is 0 Å². The molecular weight excluding hydrogens is 330 g/mol. The largest absolute Gasteiger partial charge is 0.369 e. The smallest absolute Gasteiger partial charge is 0.180 e. The standard InChI is InChI=1S/C15H22BrN5/c1-6-18-15-12(16)13(9(2)3)19-14(20-15)11-7-17-8-21(11)10(4)5/h7-10H,6H2,1-5H3,(H,18,19,20). The monoisotopic (exact) mass is 351 g/mol. The van der Waals surface area contributed by atoms with Crippen LogP contribution in [-0.4, -0.2) is 26.1 Å². The molecule has 0 aliphatic carbocycles. The van der Waals surface area contributed by atoms with E-state index < -0.39 is 0 Å². The molecule has 2 rings (SSSR count). The van der Waals surface area contributed by atoms with Crippen molar-refractivity contribution in [2.75, 3.05) is 11.9 Å². The lowest BCUT2D eigenvalue weighted by Gasteiger charge is -2.16. The Kier molecular flexibility index (Phi) is 4.98. The fourth-order valence-corrected chi connectivity index (χ4v) is 2.91. The summed E-state index contributed by atoms with van der Waals surface area (Å²) in [6, 6.07) is 0.319. The van der Waals surface area contributed by atoms with Crippen molar-refractivity contribution in [1.82, 2.24) is 19.5 Å². The fourth-order valence-electron chi connectivity index (χ4n) is 2.14. The molecule has 0 aliphatic rings. The van der Waals surface area contributed by atoms with Gasteiger partial charge >= 0.3 is 0 Å². The zero-order valence-corrected chi connectivity index (χ0v) is 14.8. The first kappa shape index (κ1) is 15.9. The van der Waals surface area contributed by atoms with Gasteiger partial charge in [0.2, 0.25) is 0 Å².